The maximum absolute atomic E-state index is 13.7. The number of ether oxygens (including phenoxy) is 1. The Morgan fingerprint density at radius 1 is 1.29 bits per heavy atom. The van der Waals surface area contributed by atoms with E-state index < -0.39 is 15.8 Å². The lowest BCUT2D eigenvalue weighted by atomic mass is 10.1. The van der Waals surface area contributed by atoms with Gasteiger partial charge in [0.2, 0.25) is 10.0 Å². The van der Waals surface area contributed by atoms with Crippen molar-refractivity contribution in [1.29, 1.82) is 5.26 Å². The summed E-state index contributed by atoms with van der Waals surface area (Å²) >= 11 is 0. The van der Waals surface area contributed by atoms with Crippen molar-refractivity contribution < 1.29 is 17.5 Å². The first-order chi connectivity index (χ1) is 11.3. The van der Waals surface area contributed by atoms with E-state index in [2.05, 4.69) is 0 Å². The van der Waals surface area contributed by atoms with Gasteiger partial charge in [0.15, 0.2) is 0 Å². The van der Waals surface area contributed by atoms with E-state index in [1.165, 1.54) is 10.4 Å². The molecule has 6 nitrogen and oxygen atoms in total. The van der Waals surface area contributed by atoms with Crippen LogP contribution in [0.5, 0.6) is 0 Å². The second-order valence-corrected chi connectivity index (χ2v) is 7.96. The second-order valence-electron chi connectivity index (χ2n) is 5.87. The summed E-state index contributed by atoms with van der Waals surface area (Å²) in [4.78, 5) is 1.85. The monoisotopic (exact) mass is 355 g/mol. The number of nitriles is 1. The van der Waals surface area contributed by atoms with Crippen LogP contribution >= 0.6 is 0 Å². The average molecular weight is 355 g/mol. The number of sulfonamides is 1. The minimum atomic E-state index is -3.37. The quantitative estimate of drug-likeness (QED) is 0.774. The van der Waals surface area contributed by atoms with Crippen molar-refractivity contribution in [2.24, 2.45) is 0 Å². The zero-order chi connectivity index (χ0) is 17.7. The molecule has 0 bridgehead atoms. The first-order valence-corrected chi connectivity index (χ1v) is 9.49. The summed E-state index contributed by atoms with van der Waals surface area (Å²) in [6.45, 7) is 5.35. The number of hydrogen-bond donors (Lipinski definition) is 0. The number of piperazine rings is 1. The van der Waals surface area contributed by atoms with Gasteiger partial charge in [0.1, 0.15) is 17.4 Å². The fraction of sp³-hybridized carbons (Fsp3) is 0.562. The number of benzene rings is 1. The van der Waals surface area contributed by atoms with Crippen molar-refractivity contribution in [3.05, 3.63) is 29.6 Å². The van der Waals surface area contributed by atoms with Gasteiger partial charge in [0.05, 0.1) is 24.2 Å². The van der Waals surface area contributed by atoms with Gasteiger partial charge in [-0.3, -0.25) is 0 Å². The van der Waals surface area contributed by atoms with E-state index >= 15 is 0 Å². The van der Waals surface area contributed by atoms with Gasteiger partial charge >= 0.3 is 0 Å². The molecule has 24 heavy (non-hydrogen) atoms. The van der Waals surface area contributed by atoms with Gasteiger partial charge in [0.25, 0.3) is 0 Å². The molecule has 1 heterocycles. The Morgan fingerprint density at radius 2 is 1.96 bits per heavy atom. The lowest BCUT2D eigenvalue weighted by molar-refractivity contribution is 0.0906. The molecular formula is C16H22FN3O3S. The number of hydrogen-bond acceptors (Lipinski definition) is 5. The predicted molar refractivity (Wildman–Crippen MR) is 89.8 cm³/mol. The Bertz CT molecular complexity index is 708. The van der Waals surface area contributed by atoms with Crippen LogP contribution in [0.25, 0.3) is 0 Å². The van der Waals surface area contributed by atoms with E-state index in [9.17, 15) is 12.8 Å². The Hall–Kier alpha value is -1.69. The van der Waals surface area contributed by atoms with Gasteiger partial charge in [-0.25, -0.2) is 12.8 Å². The number of nitrogens with zero attached hydrogens (tertiary/aromatic N) is 3. The predicted octanol–water partition coefficient (Wildman–Crippen LogP) is 1.57. The van der Waals surface area contributed by atoms with Gasteiger partial charge in [-0.2, -0.15) is 9.57 Å². The third kappa shape index (κ3) is 4.44. The van der Waals surface area contributed by atoms with Crippen LogP contribution < -0.4 is 4.90 Å². The molecule has 0 aromatic heterocycles. The topological polar surface area (TPSA) is 73.6 Å². The van der Waals surface area contributed by atoms with Crippen LogP contribution in [0.2, 0.25) is 0 Å². The minimum absolute atomic E-state index is 0.000796. The van der Waals surface area contributed by atoms with Crippen molar-refractivity contribution in [3.63, 3.8) is 0 Å². The highest BCUT2D eigenvalue weighted by atomic mass is 32.2. The van der Waals surface area contributed by atoms with Crippen LogP contribution in [0.1, 0.15) is 19.4 Å². The van der Waals surface area contributed by atoms with Crippen LogP contribution in [0.15, 0.2) is 18.2 Å². The number of halogens is 1. The molecule has 0 radical (unpaired) electrons. The van der Waals surface area contributed by atoms with Crippen LogP contribution in [0.3, 0.4) is 0 Å². The Kier molecular flexibility index (Phi) is 6.15. The Labute approximate surface area is 142 Å². The molecule has 1 aliphatic rings. The first-order valence-electron chi connectivity index (χ1n) is 7.88. The Morgan fingerprint density at radius 3 is 2.54 bits per heavy atom. The van der Waals surface area contributed by atoms with Crippen molar-refractivity contribution >= 4 is 15.7 Å². The molecule has 1 saturated heterocycles. The van der Waals surface area contributed by atoms with Crippen molar-refractivity contribution in [2.75, 3.05) is 43.4 Å². The molecule has 0 unspecified atom stereocenters. The van der Waals surface area contributed by atoms with E-state index in [0.29, 0.717) is 31.9 Å². The van der Waals surface area contributed by atoms with Gasteiger partial charge in [-0.05, 0) is 26.0 Å². The summed E-state index contributed by atoms with van der Waals surface area (Å²) < 4.78 is 45.0. The molecule has 0 aliphatic carbocycles. The highest BCUT2D eigenvalue weighted by Gasteiger charge is 2.28. The SMILES string of the molecule is CC(C)OCCS(=O)(=O)N1CCN(c2cccc(F)c2C#N)CC1. The molecule has 1 aromatic rings. The molecule has 0 saturated carbocycles. The lowest BCUT2D eigenvalue weighted by Crippen LogP contribution is -2.49. The summed E-state index contributed by atoms with van der Waals surface area (Å²) in [6.07, 6.45) is -0.00516. The maximum atomic E-state index is 13.7. The molecular weight excluding hydrogens is 333 g/mol. The van der Waals surface area contributed by atoms with E-state index in [1.807, 2.05) is 24.8 Å². The lowest BCUT2D eigenvalue weighted by Gasteiger charge is -2.35. The maximum Gasteiger partial charge on any atom is 0.216 e. The first kappa shape index (κ1) is 18.6. The summed E-state index contributed by atoms with van der Waals surface area (Å²) in [7, 11) is -3.37. The number of anilines is 1. The molecule has 1 aromatic carbocycles. The molecule has 0 spiro atoms. The van der Waals surface area contributed by atoms with Crippen molar-refractivity contribution in [1.82, 2.24) is 4.31 Å². The minimum Gasteiger partial charge on any atom is -0.378 e. The van der Waals surface area contributed by atoms with E-state index in [0.717, 1.165) is 0 Å². The summed E-state index contributed by atoms with van der Waals surface area (Å²) in [5.41, 5.74) is 0.511. The van der Waals surface area contributed by atoms with E-state index in [-0.39, 0.29) is 24.0 Å². The molecule has 132 valence electrons. The molecule has 0 amide bonds. The van der Waals surface area contributed by atoms with Crippen molar-refractivity contribution in [3.8, 4) is 6.07 Å². The highest BCUT2D eigenvalue weighted by Crippen LogP contribution is 2.24. The van der Waals surface area contributed by atoms with E-state index in [1.54, 1.807) is 12.1 Å². The average Bonchev–Trinajstić information content (AvgIpc) is 2.54. The van der Waals surface area contributed by atoms with Crippen LogP contribution in [-0.2, 0) is 14.8 Å². The van der Waals surface area contributed by atoms with Gasteiger partial charge in [0, 0.05) is 26.2 Å². The molecule has 8 heteroatoms. The largest absolute Gasteiger partial charge is 0.378 e. The molecule has 1 aliphatic heterocycles. The van der Waals surface area contributed by atoms with Gasteiger partial charge < -0.3 is 9.64 Å². The molecule has 2 rings (SSSR count). The fourth-order valence-corrected chi connectivity index (χ4v) is 3.90. The van der Waals surface area contributed by atoms with Crippen LogP contribution in [0.4, 0.5) is 10.1 Å². The highest BCUT2D eigenvalue weighted by molar-refractivity contribution is 7.89. The van der Waals surface area contributed by atoms with Crippen LogP contribution in [0, 0.1) is 17.1 Å². The number of rotatable bonds is 6. The van der Waals surface area contributed by atoms with Crippen molar-refractivity contribution in [2.45, 2.75) is 20.0 Å². The zero-order valence-corrected chi connectivity index (χ0v) is 14.7. The molecule has 0 N–H and O–H groups in total. The standard InChI is InChI=1S/C16H22FN3O3S/c1-13(2)23-10-11-24(21,22)20-8-6-19(7-9-20)16-5-3-4-15(17)14(16)12-18/h3-5,13H,6-11H2,1-2H3. The van der Waals surface area contributed by atoms with Gasteiger partial charge in [-0.15, -0.1) is 0 Å². The third-order valence-corrected chi connectivity index (χ3v) is 5.70. The summed E-state index contributed by atoms with van der Waals surface area (Å²) in [5, 5.41) is 9.12. The van der Waals surface area contributed by atoms with E-state index in [4.69, 9.17) is 10.00 Å². The summed E-state index contributed by atoms with van der Waals surface area (Å²) in [6, 6.07) is 6.36. The van der Waals surface area contributed by atoms with Gasteiger partial charge in [-0.1, -0.05) is 6.07 Å². The second kappa shape index (κ2) is 7.92. The fourth-order valence-electron chi connectivity index (χ4n) is 2.61. The Balaban J connectivity index is 1.99. The normalized spacial score (nSPS) is 16.4. The molecule has 1 fully saturated rings. The van der Waals surface area contributed by atoms with Crippen LogP contribution in [-0.4, -0.2) is 57.4 Å². The smallest absolute Gasteiger partial charge is 0.216 e. The third-order valence-electron chi connectivity index (χ3n) is 3.87. The summed E-state index contributed by atoms with van der Waals surface area (Å²) in [5.74, 6) is -0.606. The zero-order valence-electron chi connectivity index (χ0n) is 13.9. The molecule has 0 atom stereocenters.